The van der Waals surface area contributed by atoms with Crippen LogP contribution in [0.25, 0.3) is 10.2 Å². The molecule has 3 N–H and O–H groups in total. The summed E-state index contributed by atoms with van der Waals surface area (Å²) in [4.78, 5) is 29.7. The lowest BCUT2D eigenvalue weighted by Crippen LogP contribution is -2.34. The van der Waals surface area contributed by atoms with Gasteiger partial charge >= 0.3 is 0 Å². The lowest BCUT2D eigenvalue weighted by Gasteiger charge is -2.29. The van der Waals surface area contributed by atoms with Crippen molar-refractivity contribution in [3.63, 3.8) is 0 Å². The zero-order valence-electron chi connectivity index (χ0n) is 15.9. The predicted molar refractivity (Wildman–Crippen MR) is 107 cm³/mol. The molecule has 2 amide bonds. The average Bonchev–Trinajstić information content (AvgIpc) is 3.05. The molecular weight excluding hydrogens is 362 g/mol. The molecule has 1 saturated carbocycles. The van der Waals surface area contributed by atoms with E-state index in [1.807, 2.05) is 26.0 Å². The van der Waals surface area contributed by atoms with Crippen LogP contribution in [-0.2, 0) is 9.53 Å². The number of nitrogens with one attached hydrogen (secondary N) is 1. The molecule has 1 fully saturated rings. The number of thiophene rings is 1. The van der Waals surface area contributed by atoms with E-state index in [2.05, 4.69) is 10.3 Å². The van der Waals surface area contributed by atoms with Crippen molar-refractivity contribution in [2.75, 3.05) is 13.2 Å². The average molecular weight is 390 g/mol. The number of aromatic nitrogens is 1. The van der Waals surface area contributed by atoms with Gasteiger partial charge in [0, 0.05) is 18.1 Å². The van der Waals surface area contributed by atoms with Crippen molar-refractivity contribution in [1.29, 1.82) is 0 Å². The van der Waals surface area contributed by atoms with Gasteiger partial charge in [-0.15, -0.1) is 11.3 Å². The second kappa shape index (κ2) is 8.80. The quantitative estimate of drug-likeness (QED) is 0.760. The fourth-order valence-electron chi connectivity index (χ4n) is 3.75. The highest BCUT2D eigenvalue weighted by Gasteiger charge is 2.28. The summed E-state index contributed by atoms with van der Waals surface area (Å²) < 4.78 is 5.33. The fourth-order valence-corrected chi connectivity index (χ4v) is 4.83. The van der Waals surface area contributed by atoms with Crippen molar-refractivity contribution in [2.24, 2.45) is 11.7 Å². The maximum atomic E-state index is 11.9. The first kappa shape index (κ1) is 19.8. The number of amides is 2. The molecule has 6 nitrogen and oxygen atoms in total. The molecule has 2 aromatic heterocycles. The van der Waals surface area contributed by atoms with Crippen LogP contribution in [0.15, 0.2) is 18.3 Å². The molecule has 3 rings (SSSR count). The van der Waals surface area contributed by atoms with Gasteiger partial charge < -0.3 is 15.8 Å². The molecule has 146 valence electrons. The van der Waals surface area contributed by atoms with E-state index in [9.17, 15) is 9.59 Å². The molecule has 27 heavy (non-hydrogen) atoms. The molecule has 2 aromatic rings. The van der Waals surface area contributed by atoms with E-state index >= 15 is 0 Å². The Morgan fingerprint density at radius 3 is 2.74 bits per heavy atom. The van der Waals surface area contributed by atoms with Crippen LogP contribution < -0.4 is 11.1 Å². The van der Waals surface area contributed by atoms with Gasteiger partial charge in [-0.1, -0.05) is 6.07 Å². The van der Waals surface area contributed by atoms with E-state index in [1.54, 1.807) is 6.20 Å². The highest BCUT2D eigenvalue weighted by molar-refractivity contribution is 7.20. The van der Waals surface area contributed by atoms with Crippen LogP contribution in [0.1, 0.15) is 60.7 Å². The minimum atomic E-state index is -0.368. The van der Waals surface area contributed by atoms with Gasteiger partial charge in [-0.25, -0.2) is 4.98 Å². The van der Waals surface area contributed by atoms with E-state index in [4.69, 9.17) is 10.5 Å². The lowest BCUT2D eigenvalue weighted by molar-refractivity contribution is -0.127. The third kappa shape index (κ3) is 4.84. The monoisotopic (exact) mass is 389 g/mol. The summed E-state index contributed by atoms with van der Waals surface area (Å²) in [6.07, 6.45) is 5.82. The maximum Gasteiger partial charge on any atom is 0.259 e. The van der Waals surface area contributed by atoms with Crippen LogP contribution in [0.4, 0.5) is 0 Å². The number of fused-ring (bicyclic) bond motifs is 1. The van der Waals surface area contributed by atoms with Crippen LogP contribution in [-0.4, -0.2) is 36.1 Å². The number of nitrogens with zero attached hydrogens (tertiary/aromatic N) is 1. The number of nitrogens with two attached hydrogens (primary N) is 1. The summed E-state index contributed by atoms with van der Waals surface area (Å²) in [6, 6.07) is 3.94. The maximum absolute atomic E-state index is 11.9. The standard InChI is InChI=1S/C20H27N3O3S/c1-12(2)26-11-16(24)23-10-13-5-7-14(8-6-13)17-15-4-3-9-22-20(15)27-18(17)19(21)25/h3-4,9,12-14H,5-8,10-11H2,1-2H3,(H2,21,25)(H,23,24). The smallest absolute Gasteiger partial charge is 0.259 e. The summed E-state index contributed by atoms with van der Waals surface area (Å²) >= 11 is 1.39. The predicted octanol–water partition coefficient (Wildman–Crippen LogP) is 3.21. The Hall–Kier alpha value is -1.99. The SMILES string of the molecule is CC(C)OCC(=O)NCC1CCC(c2c(C(N)=O)sc3ncccc23)CC1. The highest BCUT2D eigenvalue weighted by Crippen LogP contribution is 2.42. The molecule has 0 aromatic carbocycles. The van der Waals surface area contributed by atoms with Crippen LogP contribution in [0, 0.1) is 5.92 Å². The van der Waals surface area contributed by atoms with Gasteiger partial charge in [0.05, 0.1) is 11.0 Å². The molecule has 0 atom stereocenters. The lowest BCUT2D eigenvalue weighted by atomic mass is 9.78. The highest BCUT2D eigenvalue weighted by atomic mass is 32.1. The van der Waals surface area contributed by atoms with Crippen molar-refractivity contribution >= 4 is 33.4 Å². The van der Waals surface area contributed by atoms with E-state index in [0.717, 1.165) is 41.5 Å². The van der Waals surface area contributed by atoms with Gasteiger partial charge in [0.25, 0.3) is 5.91 Å². The first-order valence-corrected chi connectivity index (χ1v) is 10.3. The Labute approximate surface area is 163 Å². The zero-order chi connectivity index (χ0) is 19.4. The number of hydrogen-bond acceptors (Lipinski definition) is 5. The van der Waals surface area contributed by atoms with Gasteiger partial charge in [0.15, 0.2) is 0 Å². The van der Waals surface area contributed by atoms with Crippen LogP contribution in [0.5, 0.6) is 0 Å². The molecular formula is C20H27N3O3S. The van der Waals surface area contributed by atoms with Crippen LogP contribution in [0.2, 0.25) is 0 Å². The number of primary amides is 1. The van der Waals surface area contributed by atoms with E-state index in [1.165, 1.54) is 11.3 Å². The van der Waals surface area contributed by atoms with E-state index in [-0.39, 0.29) is 24.5 Å². The van der Waals surface area contributed by atoms with Gasteiger partial charge in [0.1, 0.15) is 11.4 Å². The summed E-state index contributed by atoms with van der Waals surface area (Å²) in [6.45, 7) is 4.63. The van der Waals surface area contributed by atoms with Crippen molar-refractivity contribution in [3.05, 3.63) is 28.8 Å². The third-order valence-corrected chi connectivity index (χ3v) is 6.26. The van der Waals surface area contributed by atoms with Gasteiger partial charge in [-0.05, 0) is 63.0 Å². The summed E-state index contributed by atoms with van der Waals surface area (Å²) in [5, 5.41) is 4.03. The topological polar surface area (TPSA) is 94.3 Å². The number of carbonyl (C=O) groups excluding carboxylic acids is 2. The molecule has 2 heterocycles. The first-order valence-electron chi connectivity index (χ1n) is 9.51. The molecule has 1 aliphatic carbocycles. The van der Waals surface area contributed by atoms with E-state index < -0.39 is 0 Å². The Kier molecular flexibility index (Phi) is 6.44. The number of pyridine rings is 1. The molecule has 0 spiro atoms. The van der Waals surface area contributed by atoms with Gasteiger partial charge in [-0.3, -0.25) is 9.59 Å². The van der Waals surface area contributed by atoms with Crippen molar-refractivity contribution < 1.29 is 14.3 Å². The Morgan fingerprint density at radius 2 is 2.07 bits per heavy atom. The molecule has 1 aliphatic rings. The van der Waals surface area contributed by atoms with Crippen molar-refractivity contribution in [2.45, 2.75) is 51.6 Å². The molecule has 0 unspecified atom stereocenters. The normalized spacial score (nSPS) is 20.1. The Morgan fingerprint density at radius 1 is 1.33 bits per heavy atom. The second-order valence-corrected chi connectivity index (χ2v) is 8.45. The van der Waals surface area contributed by atoms with Crippen molar-refractivity contribution in [3.8, 4) is 0 Å². The minimum absolute atomic E-state index is 0.0561. The third-order valence-electron chi connectivity index (χ3n) is 5.12. The molecule has 0 radical (unpaired) electrons. The molecule has 0 saturated heterocycles. The Balaban J connectivity index is 1.60. The van der Waals surface area contributed by atoms with Gasteiger partial charge in [-0.2, -0.15) is 0 Å². The summed E-state index contributed by atoms with van der Waals surface area (Å²) in [5.74, 6) is 0.357. The largest absolute Gasteiger partial charge is 0.369 e. The summed E-state index contributed by atoms with van der Waals surface area (Å²) in [7, 11) is 0. The summed E-state index contributed by atoms with van der Waals surface area (Å²) in [5.41, 5.74) is 6.70. The van der Waals surface area contributed by atoms with Gasteiger partial charge in [0.2, 0.25) is 5.91 Å². The second-order valence-electron chi connectivity index (χ2n) is 7.45. The molecule has 0 aliphatic heterocycles. The van der Waals surface area contributed by atoms with Crippen LogP contribution in [0.3, 0.4) is 0 Å². The minimum Gasteiger partial charge on any atom is -0.369 e. The zero-order valence-corrected chi connectivity index (χ0v) is 16.7. The fraction of sp³-hybridized carbons (Fsp3) is 0.550. The number of rotatable bonds is 7. The van der Waals surface area contributed by atoms with Crippen LogP contribution >= 0.6 is 11.3 Å². The Bertz CT molecular complexity index is 810. The van der Waals surface area contributed by atoms with E-state index in [0.29, 0.717) is 23.3 Å². The molecule has 0 bridgehead atoms. The number of ether oxygens (including phenoxy) is 1. The molecule has 7 heteroatoms. The first-order chi connectivity index (χ1) is 13.0. The van der Waals surface area contributed by atoms with Crippen molar-refractivity contribution in [1.82, 2.24) is 10.3 Å². The number of carbonyl (C=O) groups is 2. The number of hydrogen-bond donors (Lipinski definition) is 2.